The summed E-state index contributed by atoms with van der Waals surface area (Å²) in [6, 6.07) is 9.66. The van der Waals surface area contributed by atoms with Gasteiger partial charge < -0.3 is 9.47 Å². The lowest BCUT2D eigenvalue weighted by Crippen LogP contribution is -2.13. The van der Waals surface area contributed by atoms with Crippen LogP contribution in [0.5, 0.6) is 0 Å². The molecule has 0 heterocycles. The van der Waals surface area contributed by atoms with Gasteiger partial charge in [0.05, 0.1) is 13.2 Å². The van der Waals surface area contributed by atoms with Crippen LogP contribution in [0.25, 0.3) is 0 Å². The highest BCUT2D eigenvalue weighted by Crippen LogP contribution is 2.00. The van der Waals surface area contributed by atoms with E-state index in [0.717, 1.165) is 5.56 Å². The standard InChI is InChI=1S/C12H16O3/c1-14-7-8-15-10-12(13)9-11-5-3-2-4-6-11/h2-6H,7-10H2,1H3. The fraction of sp³-hybridized carbons (Fsp3) is 0.417. The van der Waals surface area contributed by atoms with E-state index < -0.39 is 0 Å². The minimum absolute atomic E-state index is 0.0947. The topological polar surface area (TPSA) is 35.5 Å². The minimum Gasteiger partial charge on any atom is -0.382 e. The number of Topliss-reactive ketones (excluding diaryl/α,β-unsaturated/α-hetero) is 1. The molecule has 1 aromatic rings. The van der Waals surface area contributed by atoms with Gasteiger partial charge in [-0.05, 0) is 5.56 Å². The Hall–Kier alpha value is -1.19. The SMILES string of the molecule is COCCOCC(=O)Cc1ccccc1. The molecule has 3 nitrogen and oxygen atoms in total. The van der Waals surface area contributed by atoms with Crippen molar-refractivity contribution in [3.8, 4) is 0 Å². The third-order valence-corrected chi connectivity index (χ3v) is 1.94. The van der Waals surface area contributed by atoms with E-state index in [2.05, 4.69) is 0 Å². The maximum Gasteiger partial charge on any atom is 0.162 e. The highest BCUT2D eigenvalue weighted by atomic mass is 16.5. The number of methoxy groups -OCH3 is 1. The molecule has 1 aromatic carbocycles. The second-order valence-corrected chi connectivity index (χ2v) is 3.25. The number of hydrogen-bond donors (Lipinski definition) is 0. The predicted molar refractivity (Wildman–Crippen MR) is 57.8 cm³/mol. The first-order valence-electron chi connectivity index (χ1n) is 4.95. The summed E-state index contributed by atoms with van der Waals surface area (Å²) in [5.74, 6) is 0.0947. The minimum atomic E-state index is 0.0947. The molecule has 82 valence electrons. The van der Waals surface area contributed by atoms with E-state index in [1.807, 2.05) is 30.3 Å². The molecule has 0 bridgehead atoms. The van der Waals surface area contributed by atoms with Gasteiger partial charge in [-0.2, -0.15) is 0 Å². The average molecular weight is 208 g/mol. The van der Waals surface area contributed by atoms with E-state index in [-0.39, 0.29) is 12.4 Å². The maximum atomic E-state index is 11.4. The molecule has 0 aliphatic carbocycles. The number of carbonyl (C=O) groups excluding carboxylic acids is 1. The normalized spacial score (nSPS) is 10.2. The van der Waals surface area contributed by atoms with Crippen LogP contribution in [0.2, 0.25) is 0 Å². The number of ketones is 1. The number of ether oxygens (including phenoxy) is 2. The van der Waals surface area contributed by atoms with Gasteiger partial charge in [0, 0.05) is 13.5 Å². The van der Waals surface area contributed by atoms with Crippen molar-refractivity contribution in [3.05, 3.63) is 35.9 Å². The first-order chi connectivity index (χ1) is 7.33. The van der Waals surface area contributed by atoms with Crippen molar-refractivity contribution >= 4 is 5.78 Å². The van der Waals surface area contributed by atoms with Crippen molar-refractivity contribution in [2.75, 3.05) is 26.9 Å². The van der Waals surface area contributed by atoms with E-state index in [1.165, 1.54) is 0 Å². The van der Waals surface area contributed by atoms with Crippen LogP contribution < -0.4 is 0 Å². The summed E-state index contributed by atoms with van der Waals surface area (Å²) >= 11 is 0. The fourth-order valence-corrected chi connectivity index (χ4v) is 1.20. The molecule has 0 atom stereocenters. The zero-order valence-electron chi connectivity index (χ0n) is 8.94. The summed E-state index contributed by atoms with van der Waals surface area (Å²) in [7, 11) is 1.61. The predicted octanol–water partition coefficient (Wildman–Crippen LogP) is 1.46. The van der Waals surface area contributed by atoms with E-state index >= 15 is 0 Å². The van der Waals surface area contributed by atoms with Crippen LogP contribution in [0.1, 0.15) is 5.56 Å². The van der Waals surface area contributed by atoms with Crippen LogP contribution in [-0.2, 0) is 20.7 Å². The summed E-state index contributed by atoms with van der Waals surface area (Å²) < 4.78 is 9.94. The molecule has 0 aliphatic rings. The molecular weight excluding hydrogens is 192 g/mol. The number of rotatable bonds is 7. The van der Waals surface area contributed by atoms with E-state index in [4.69, 9.17) is 9.47 Å². The fourth-order valence-electron chi connectivity index (χ4n) is 1.20. The quantitative estimate of drug-likeness (QED) is 0.636. The number of carbonyl (C=O) groups is 1. The molecule has 0 unspecified atom stereocenters. The highest BCUT2D eigenvalue weighted by Gasteiger charge is 2.02. The summed E-state index contributed by atoms with van der Waals surface area (Å²) in [4.78, 5) is 11.4. The molecule has 0 radical (unpaired) electrons. The van der Waals surface area contributed by atoms with E-state index in [1.54, 1.807) is 7.11 Å². The number of hydrogen-bond acceptors (Lipinski definition) is 3. The average Bonchev–Trinajstić information content (AvgIpc) is 2.26. The lowest BCUT2D eigenvalue weighted by Gasteiger charge is -2.03. The Morgan fingerprint density at radius 1 is 1.20 bits per heavy atom. The molecule has 15 heavy (non-hydrogen) atoms. The van der Waals surface area contributed by atoms with Crippen LogP contribution in [0.15, 0.2) is 30.3 Å². The second-order valence-electron chi connectivity index (χ2n) is 3.25. The molecular formula is C12H16O3. The third kappa shape index (κ3) is 5.30. The largest absolute Gasteiger partial charge is 0.382 e. The highest BCUT2D eigenvalue weighted by molar-refractivity contribution is 5.81. The lowest BCUT2D eigenvalue weighted by atomic mass is 10.1. The van der Waals surface area contributed by atoms with Crippen molar-refractivity contribution < 1.29 is 14.3 Å². The van der Waals surface area contributed by atoms with Crippen molar-refractivity contribution in [2.24, 2.45) is 0 Å². The van der Waals surface area contributed by atoms with Gasteiger partial charge in [0.2, 0.25) is 0 Å². The Morgan fingerprint density at radius 3 is 2.60 bits per heavy atom. The van der Waals surface area contributed by atoms with Crippen molar-refractivity contribution in [1.29, 1.82) is 0 Å². The van der Waals surface area contributed by atoms with Gasteiger partial charge in [-0.3, -0.25) is 4.79 Å². The summed E-state index contributed by atoms with van der Waals surface area (Å²) in [5.41, 5.74) is 1.03. The zero-order chi connectivity index (χ0) is 10.9. The molecule has 0 spiro atoms. The Bertz CT molecular complexity index is 282. The van der Waals surface area contributed by atoms with Crippen LogP contribution in [-0.4, -0.2) is 32.7 Å². The van der Waals surface area contributed by atoms with Crippen LogP contribution >= 0.6 is 0 Å². The van der Waals surface area contributed by atoms with Crippen LogP contribution in [0.4, 0.5) is 0 Å². The van der Waals surface area contributed by atoms with Gasteiger partial charge in [-0.25, -0.2) is 0 Å². The Morgan fingerprint density at radius 2 is 1.93 bits per heavy atom. The van der Waals surface area contributed by atoms with Crippen LogP contribution in [0.3, 0.4) is 0 Å². The van der Waals surface area contributed by atoms with E-state index in [0.29, 0.717) is 19.6 Å². The Balaban J connectivity index is 2.19. The van der Waals surface area contributed by atoms with Crippen molar-refractivity contribution in [2.45, 2.75) is 6.42 Å². The van der Waals surface area contributed by atoms with E-state index in [9.17, 15) is 4.79 Å². The molecule has 0 aliphatic heterocycles. The second kappa shape index (κ2) is 7.15. The van der Waals surface area contributed by atoms with Gasteiger partial charge in [-0.15, -0.1) is 0 Å². The first kappa shape index (κ1) is 11.9. The summed E-state index contributed by atoms with van der Waals surface area (Å²) in [5, 5.41) is 0. The summed E-state index contributed by atoms with van der Waals surface area (Å²) in [6.07, 6.45) is 0.438. The van der Waals surface area contributed by atoms with Gasteiger partial charge in [0.1, 0.15) is 6.61 Å². The zero-order valence-corrected chi connectivity index (χ0v) is 8.94. The molecule has 0 saturated carbocycles. The first-order valence-corrected chi connectivity index (χ1v) is 4.95. The van der Waals surface area contributed by atoms with Gasteiger partial charge >= 0.3 is 0 Å². The van der Waals surface area contributed by atoms with Gasteiger partial charge in [-0.1, -0.05) is 30.3 Å². The Kier molecular flexibility index (Phi) is 5.66. The molecule has 0 amide bonds. The lowest BCUT2D eigenvalue weighted by molar-refractivity contribution is -0.123. The Labute approximate surface area is 90.0 Å². The monoisotopic (exact) mass is 208 g/mol. The molecule has 0 saturated heterocycles. The van der Waals surface area contributed by atoms with Crippen molar-refractivity contribution in [1.82, 2.24) is 0 Å². The molecule has 1 rings (SSSR count). The molecule has 3 heteroatoms. The molecule has 0 fully saturated rings. The van der Waals surface area contributed by atoms with Gasteiger partial charge in [0.15, 0.2) is 5.78 Å². The summed E-state index contributed by atoms with van der Waals surface area (Å²) in [6.45, 7) is 1.16. The maximum absolute atomic E-state index is 11.4. The van der Waals surface area contributed by atoms with Crippen molar-refractivity contribution in [3.63, 3.8) is 0 Å². The smallest absolute Gasteiger partial charge is 0.162 e. The third-order valence-electron chi connectivity index (χ3n) is 1.94. The molecule has 0 aromatic heterocycles. The van der Waals surface area contributed by atoms with Gasteiger partial charge in [0.25, 0.3) is 0 Å². The molecule has 0 N–H and O–H groups in total. The number of benzene rings is 1. The van der Waals surface area contributed by atoms with Crippen LogP contribution in [0, 0.1) is 0 Å².